The van der Waals surface area contributed by atoms with E-state index in [2.05, 4.69) is 55.4 Å². The Kier molecular flexibility index (Phi) is 28.6. The second kappa shape index (κ2) is 30.6. The number of aromatic carboxylic acids is 1. The molecule has 3 heteroatoms. The van der Waals surface area contributed by atoms with Crippen molar-refractivity contribution in [3.63, 3.8) is 0 Å². The van der Waals surface area contributed by atoms with Crippen molar-refractivity contribution in [3.8, 4) is 5.75 Å². The highest BCUT2D eigenvalue weighted by Crippen LogP contribution is 2.46. The summed E-state index contributed by atoms with van der Waals surface area (Å²) in [6.45, 7) is 17.4. The normalized spacial score (nSPS) is 12.2. The van der Waals surface area contributed by atoms with E-state index >= 15 is 0 Å². The van der Waals surface area contributed by atoms with E-state index in [9.17, 15) is 15.0 Å². The van der Waals surface area contributed by atoms with E-state index in [1.165, 1.54) is 180 Å². The predicted octanol–water partition coefficient (Wildman–Crippen LogP) is 17.3. The van der Waals surface area contributed by atoms with Crippen LogP contribution in [0, 0.1) is 0 Å². The van der Waals surface area contributed by atoms with Gasteiger partial charge in [0.15, 0.2) is 0 Å². The molecular formula is C51H94O3. The summed E-state index contributed by atoms with van der Waals surface area (Å²) in [6.07, 6.45) is 43.9. The average Bonchev–Trinajstić information content (AvgIpc) is 3.09. The Bertz CT molecular complexity index is 997. The molecule has 1 aromatic rings. The molecule has 0 heterocycles. The minimum Gasteiger partial charge on any atom is -0.507 e. The van der Waals surface area contributed by atoms with Gasteiger partial charge in [-0.05, 0) is 47.6 Å². The van der Waals surface area contributed by atoms with Crippen molar-refractivity contribution in [1.82, 2.24) is 0 Å². The Balaban J connectivity index is 2.65. The fourth-order valence-electron chi connectivity index (χ4n) is 8.92. The molecule has 316 valence electrons. The first kappa shape index (κ1) is 50.5. The van der Waals surface area contributed by atoms with Crippen molar-refractivity contribution < 1.29 is 15.0 Å². The Labute approximate surface area is 338 Å². The second-order valence-electron chi connectivity index (χ2n) is 19.3. The van der Waals surface area contributed by atoms with Gasteiger partial charge in [0.25, 0.3) is 0 Å². The van der Waals surface area contributed by atoms with Crippen LogP contribution in [-0.2, 0) is 23.7 Å². The molecule has 1 rings (SSSR count). The Morgan fingerprint density at radius 3 is 0.778 bits per heavy atom. The molecule has 1 aromatic carbocycles. The van der Waals surface area contributed by atoms with Crippen molar-refractivity contribution in [3.05, 3.63) is 27.8 Å². The number of hydrogen-bond acceptors (Lipinski definition) is 2. The number of carboxylic acid groups (broad SMARTS) is 1. The summed E-state index contributed by atoms with van der Waals surface area (Å²) in [5, 5.41) is 22.8. The number of phenolic OH excluding ortho intramolecular Hbond substituents is 1. The fourth-order valence-corrected chi connectivity index (χ4v) is 8.92. The molecule has 0 amide bonds. The van der Waals surface area contributed by atoms with Gasteiger partial charge in [0.1, 0.15) is 5.75 Å². The highest BCUT2D eigenvalue weighted by Gasteiger charge is 2.35. The van der Waals surface area contributed by atoms with E-state index in [1.54, 1.807) is 0 Å². The third-order valence-corrected chi connectivity index (χ3v) is 12.0. The van der Waals surface area contributed by atoms with Crippen LogP contribution in [0.15, 0.2) is 0 Å². The zero-order valence-corrected chi connectivity index (χ0v) is 37.8. The lowest BCUT2D eigenvalue weighted by molar-refractivity contribution is 0.0693. The van der Waals surface area contributed by atoms with Crippen LogP contribution in [0.25, 0.3) is 0 Å². The van der Waals surface area contributed by atoms with Gasteiger partial charge < -0.3 is 10.2 Å². The molecule has 0 saturated heterocycles. The molecule has 0 aliphatic carbocycles. The van der Waals surface area contributed by atoms with Crippen LogP contribution in [0.5, 0.6) is 5.75 Å². The molecule has 0 aromatic heterocycles. The SMILES string of the molecule is CCCCCCCCCCCCCCCCCCc1c(C(=O)O)c(CCCCCCCCCCCCCCCCCC)c(C(C)(C)C)c(O)c1C(C)(C)C. The van der Waals surface area contributed by atoms with E-state index in [0.29, 0.717) is 11.3 Å². The molecule has 3 nitrogen and oxygen atoms in total. The number of carboxylic acids is 1. The van der Waals surface area contributed by atoms with Crippen LogP contribution >= 0.6 is 0 Å². The molecule has 0 atom stereocenters. The summed E-state index contributed by atoms with van der Waals surface area (Å²) in [6, 6.07) is 0. The molecule has 0 aliphatic rings. The Morgan fingerprint density at radius 2 is 0.593 bits per heavy atom. The van der Waals surface area contributed by atoms with Gasteiger partial charge >= 0.3 is 5.97 Å². The lowest BCUT2D eigenvalue weighted by atomic mass is 9.71. The van der Waals surface area contributed by atoms with Gasteiger partial charge in [0.05, 0.1) is 5.56 Å². The highest BCUT2D eigenvalue weighted by molar-refractivity contribution is 5.93. The van der Waals surface area contributed by atoms with E-state index in [0.717, 1.165) is 60.8 Å². The smallest absolute Gasteiger partial charge is 0.336 e. The van der Waals surface area contributed by atoms with E-state index in [4.69, 9.17) is 0 Å². The maximum absolute atomic E-state index is 13.2. The Hall–Kier alpha value is -1.51. The summed E-state index contributed by atoms with van der Waals surface area (Å²) >= 11 is 0. The van der Waals surface area contributed by atoms with Gasteiger partial charge in [-0.2, -0.15) is 0 Å². The number of aromatic hydroxyl groups is 1. The second-order valence-corrected chi connectivity index (χ2v) is 19.3. The first-order valence-electron chi connectivity index (χ1n) is 24.0. The van der Waals surface area contributed by atoms with Crippen LogP contribution in [0.1, 0.15) is 293 Å². The number of hydrogen-bond donors (Lipinski definition) is 2. The highest BCUT2D eigenvalue weighted by atomic mass is 16.4. The van der Waals surface area contributed by atoms with Crippen molar-refractivity contribution in [1.29, 1.82) is 0 Å². The molecular weight excluding hydrogens is 661 g/mol. The van der Waals surface area contributed by atoms with Crippen LogP contribution in [-0.4, -0.2) is 16.2 Å². The summed E-state index contributed by atoms with van der Waals surface area (Å²) in [5.41, 5.74) is 3.35. The summed E-state index contributed by atoms with van der Waals surface area (Å²) < 4.78 is 0. The third kappa shape index (κ3) is 22.3. The van der Waals surface area contributed by atoms with Gasteiger partial charge in [0, 0.05) is 11.1 Å². The molecule has 0 fully saturated rings. The topological polar surface area (TPSA) is 57.5 Å². The fraction of sp³-hybridized carbons (Fsp3) is 0.863. The van der Waals surface area contributed by atoms with Crippen LogP contribution in [0.3, 0.4) is 0 Å². The number of rotatable bonds is 35. The molecule has 0 aliphatic heterocycles. The number of unbranched alkanes of at least 4 members (excludes halogenated alkanes) is 30. The van der Waals surface area contributed by atoms with Gasteiger partial charge in [0.2, 0.25) is 0 Å². The quantitative estimate of drug-likeness (QED) is 0.0679. The summed E-state index contributed by atoms with van der Waals surface area (Å²) in [5.74, 6) is -0.457. The molecule has 0 saturated carbocycles. The third-order valence-electron chi connectivity index (χ3n) is 12.0. The summed E-state index contributed by atoms with van der Waals surface area (Å²) in [4.78, 5) is 13.2. The summed E-state index contributed by atoms with van der Waals surface area (Å²) in [7, 11) is 0. The van der Waals surface area contributed by atoms with Crippen molar-refractivity contribution in [2.75, 3.05) is 0 Å². The predicted molar refractivity (Wildman–Crippen MR) is 239 cm³/mol. The zero-order valence-electron chi connectivity index (χ0n) is 37.8. The lowest BCUT2D eigenvalue weighted by Gasteiger charge is -2.33. The molecule has 0 bridgehead atoms. The average molecular weight is 755 g/mol. The van der Waals surface area contributed by atoms with E-state index in [1.807, 2.05) is 0 Å². The lowest BCUT2D eigenvalue weighted by Crippen LogP contribution is -2.25. The number of phenols is 1. The molecule has 0 unspecified atom stereocenters. The minimum atomic E-state index is -0.816. The number of benzene rings is 1. The van der Waals surface area contributed by atoms with Crippen molar-refractivity contribution in [2.24, 2.45) is 0 Å². The maximum atomic E-state index is 13.2. The van der Waals surface area contributed by atoms with Crippen molar-refractivity contribution >= 4 is 5.97 Å². The minimum absolute atomic E-state index is 0.342. The van der Waals surface area contributed by atoms with E-state index in [-0.39, 0.29) is 10.8 Å². The van der Waals surface area contributed by atoms with Gasteiger partial charge in [-0.15, -0.1) is 0 Å². The first-order chi connectivity index (χ1) is 25.9. The van der Waals surface area contributed by atoms with Crippen LogP contribution < -0.4 is 0 Å². The van der Waals surface area contributed by atoms with Gasteiger partial charge in [-0.25, -0.2) is 4.79 Å². The molecule has 0 spiro atoms. The van der Waals surface area contributed by atoms with E-state index < -0.39 is 5.97 Å². The zero-order chi connectivity index (χ0) is 40.1. The molecule has 2 N–H and O–H groups in total. The standard InChI is InChI=1S/C51H94O3/c1-9-11-13-15-17-19-21-23-25-27-29-31-33-35-37-39-41-43-45(49(53)54)44(47(51(6,7)8)48(52)46(43)50(3,4)5)42-40-38-36-34-32-30-28-26-24-22-20-18-16-14-12-10-2/h52H,9-42H2,1-8H3,(H,53,54). The first-order valence-corrected chi connectivity index (χ1v) is 24.0. The number of carbonyl (C=O) groups is 1. The van der Waals surface area contributed by atoms with Crippen LogP contribution in [0.2, 0.25) is 0 Å². The van der Waals surface area contributed by atoms with Crippen LogP contribution in [0.4, 0.5) is 0 Å². The largest absolute Gasteiger partial charge is 0.507 e. The maximum Gasteiger partial charge on any atom is 0.336 e. The van der Waals surface area contributed by atoms with Gasteiger partial charge in [-0.1, -0.05) is 248 Å². The molecule has 54 heavy (non-hydrogen) atoms. The Morgan fingerprint density at radius 1 is 0.389 bits per heavy atom. The molecule has 0 radical (unpaired) electrons. The monoisotopic (exact) mass is 755 g/mol. The van der Waals surface area contributed by atoms with Gasteiger partial charge in [-0.3, -0.25) is 0 Å². The van der Waals surface area contributed by atoms with Crippen molar-refractivity contribution in [2.45, 2.75) is 285 Å².